The third-order valence-electron chi connectivity index (χ3n) is 5.05. The molecule has 0 spiro atoms. The molecule has 2 aliphatic heterocycles. The van der Waals surface area contributed by atoms with Crippen molar-refractivity contribution in [2.24, 2.45) is 0 Å². The zero-order valence-corrected chi connectivity index (χ0v) is 11.9. The van der Waals surface area contributed by atoms with E-state index in [0.29, 0.717) is 24.5 Å². The fourth-order valence-corrected chi connectivity index (χ4v) is 3.91. The van der Waals surface area contributed by atoms with Crippen LogP contribution in [-0.4, -0.2) is 60.5 Å². The molecule has 19 heavy (non-hydrogen) atoms. The van der Waals surface area contributed by atoms with Crippen LogP contribution in [0.1, 0.15) is 44.9 Å². The van der Waals surface area contributed by atoms with Gasteiger partial charge in [0, 0.05) is 31.7 Å². The molecule has 4 heteroatoms. The lowest BCUT2D eigenvalue weighted by Gasteiger charge is -2.26. The number of nitrogens with one attached hydrogen (secondary N) is 1. The van der Waals surface area contributed by atoms with Crippen molar-refractivity contribution in [2.75, 3.05) is 32.7 Å². The van der Waals surface area contributed by atoms with Crippen molar-refractivity contribution in [3.8, 4) is 0 Å². The van der Waals surface area contributed by atoms with Crippen molar-refractivity contribution < 1.29 is 4.79 Å². The first-order chi connectivity index (χ1) is 9.33. The topological polar surface area (TPSA) is 35.6 Å². The molecule has 3 rings (SSSR count). The average molecular weight is 265 g/mol. The molecule has 2 heterocycles. The molecule has 1 aliphatic carbocycles. The highest BCUT2D eigenvalue weighted by Crippen LogP contribution is 2.21. The molecule has 1 amide bonds. The molecule has 0 aromatic carbocycles. The van der Waals surface area contributed by atoms with Gasteiger partial charge in [0.05, 0.1) is 6.54 Å². The van der Waals surface area contributed by atoms with Crippen LogP contribution >= 0.6 is 0 Å². The summed E-state index contributed by atoms with van der Waals surface area (Å²) in [5.74, 6) is 0.320. The average Bonchev–Trinajstić information content (AvgIpc) is 3.04. The first kappa shape index (κ1) is 13.4. The van der Waals surface area contributed by atoms with Crippen LogP contribution in [0, 0.1) is 0 Å². The highest BCUT2D eigenvalue weighted by atomic mass is 16.2. The maximum absolute atomic E-state index is 12.3. The smallest absolute Gasteiger partial charge is 0.236 e. The van der Waals surface area contributed by atoms with Crippen LogP contribution in [0.2, 0.25) is 0 Å². The zero-order valence-electron chi connectivity index (χ0n) is 11.9. The highest BCUT2D eigenvalue weighted by Gasteiger charge is 2.30. The Labute approximate surface area is 116 Å². The van der Waals surface area contributed by atoms with E-state index in [2.05, 4.69) is 15.1 Å². The van der Waals surface area contributed by atoms with E-state index >= 15 is 0 Å². The first-order valence-corrected chi connectivity index (χ1v) is 8.08. The lowest BCUT2D eigenvalue weighted by Crippen LogP contribution is -2.44. The van der Waals surface area contributed by atoms with Gasteiger partial charge in [0.25, 0.3) is 0 Å². The second-order valence-corrected chi connectivity index (χ2v) is 6.39. The molecule has 0 aromatic rings. The Morgan fingerprint density at radius 1 is 1.00 bits per heavy atom. The van der Waals surface area contributed by atoms with Crippen LogP contribution in [0.5, 0.6) is 0 Å². The van der Waals surface area contributed by atoms with Crippen molar-refractivity contribution in [1.29, 1.82) is 0 Å². The molecule has 108 valence electrons. The summed E-state index contributed by atoms with van der Waals surface area (Å²) in [5.41, 5.74) is 0. The number of carbonyl (C=O) groups is 1. The number of carbonyl (C=O) groups excluding carboxylic acids is 1. The van der Waals surface area contributed by atoms with Gasteiger partial charge in [0.15, 0.2) is 0 Å². The molecule has 2 saturated heterocycles. The van der Waals surface area contributed by atoms with E-state index in [4.69, 9.17) is 0 Å². The quantitative estimate of drug-likeness (QED) is 0.833. The van der Waals surface area contributed by atoms with E-state index in [-0.39, 0.29) is 0 Å². The normalized spacial score (nSPS) is 29.5. The van der Waals surface area contributed by atoms with E-state index in [1.165, 1.54) is 51.6 Å². The molecule has 0 aromatic heterocycles. The number of rotatable bonds is 3. The minimum atomic E-state index is 0.320. The molecule has 1 atom stereocenters. The molecule has 3 aliphatic rings. The Morgan fingerprint density at radius 2 is 1.79 bits per heavy atom. The number of hydrogen-bond donors (Lipinski definition) is 1. The Kier molecular flexibility index (Phi) is 4.38. The van der Waals surface area contributed by atoms with Gasteiger partial charge in [-0.2, -0.15) is 0 Å². The van der Waals surface area contributed by atoms with Crippen molar-refractivity contribution in [1.82, 2.24) is 15.1 Å². The van der Waals surface area contributed by atoms with Gasteiger partial charge in [0.1, 0.15) is 0 Å². The molecule has 1 saturated carbocycles. The van der Waals surface area contributed by atoms with E-state index < -0.39 is 0 Å². The number of fused-ring (bicyclic) bond motifs is 1. The molecule has 0 radical (unpaired) electrons. The minimum absolute atomic E-state index is 0.320. The first-order valence-electron chi connectivity index (χ1n) is 8.08. The van der Waals surface area contributed by atoms with Crippen LogP contribution in [0.15, 0.2) is 0 Å². The van der Waals surface area contributed by atoms with E-state index in [9.17, 15) is 4.79 Å². The van der Waals surface area contributed by atoms with Crippen molar-refractivity contribution in [3.63, 3.8) is 0 Å². The third-order valence-corrected chi connectivity index (χ3v) is 5.05. The summed E-state index contributed by atoms with van der Waals surface area (Å²) in [4.78, 5) is 17.0. The van der Waals surface area contributed by atoms with Crippen LogP contribution in [-0.2, 0) is 4.79 Å². The Bertz CT molecular complexity index is 315. The molecular formula is C15H27N3O. The maximum Gasteiger partial charge on any atom is 0.236 e. The lowest BCUT2D eigenvalue weighted by molar-refractivity contribution is -0.130. The zero-order chi connectivity index (χ0) is 13.1. The molecule has 4 nitrogen and oxygen atoms in total. The second-order valence-electron chi connectivity index (χ2n) is 6.39. The fourth-order valence-electron chi connectivity index (χ4n) is 3.91. The summed E-state index contributed by atoms with van der Waals surface area (Å²) in [6, 6.07) is 1.23. The van der Waals surface area contributed by atoms with Gasteiger partial charge in [0.2, 0.25) is 5.91 Å². The monoisotopic (exact) mass is 265 g/mol. The summed E-state index contributed by atoms with van der Waals surface area (Å²) in [7, 11) is 0. The number of amides is 1. The van der Waals surface area contributed by atoms with E-state index in [0.717, 1.165) is 19.5 Å². The van der Waals surface area contributed by atoms with Gasteiger partial charge < -0.3 is 10.2 Å². The summed E-state index contributed by atoms with van der Waals surface area (Å²) in [5, 5.41) is 3.45. The second kappa shape index (κ2) is 6.23. The molecule has 3 fully saturated rings. The van der Waals surface area contributed by atoms with Crippen molar-refractivity contribution in [2.45, 2.75) is 57.0 Å². The summed E-state index contributed by atoms with van der Waals surface area (Å²) < 4.78 is 0. The standard InChI is InChI=1S/C15H27N3O/c19-15(11-16-13-5-1-2-6-13)18-10-4-9-17-8-3-7-14(17)12-18/h13-14,16H,1-12H2. The van der Waals surface area contributed by atoms with Crippen LogP contribution in [0.3, 0.4) is 0 Å². The van der Waals surface area contributed by atoms with Gasteiger partial charge in [-0.15, -0.1) is 0 Å². The van der Waals surface area contributed by atoms with Crippen LogP contribution < -0.4 is 5.32 Å². The summed E-state index contributed by atoms with van der Waals surface area (Å²) >= 11 is 0. The highest BCUT2D eigenvalue weighted by molar-refractivity contribution is 5.78. The van der Waals surface area contributed by atoms with Crippen molar-refractivity contribution >= 4 is 5.91 Å². The van der Waals surface area contributed by atoms with Crippen LogP contribution in [0.4, 0.5) is 0 Å². The Morgan fingerprint density at radius 3 is 2.63 bits per heavy atom. The third kappa shape index (κ3) is 3.29. The largest absolute Gasteiger partial charge is 0.340 e. The summed E-state index contributed by atoms with van der Waals surface area (Å²) in [6.07, 6.45) is 8.89. The fraction of sp³-hybridized carbons (Fsp3) is 0.933. The van der Waals surface area contributed by atoms with Gasteiger partial charge >= 0.3 is 0 Å². The van der Waals surface area contributed by atoms with Gasteiger partial charge in [-0.1, -0.05) is 12.8 Å². The minimum Gasteiger partial charge on any atom is -0.340 e. The van der Waals surface area contributed by atoms with Crippen LogP contribution in [0.25, 0.3) is 0 Å². The predicted molar refractivity (Wildman–Crippen MR) is 76.1 cm³/mol. The van der Waals surface area contributed by atoms with E-state index in [1.54, 1.807) is 0 Å². The SMILES string of the molecule is O=C(CNC1CCCC1)N1CCCN2CCCC2C1. The van der Waals surface area contributed by atoms with Gasteiger partial charge in [-0.05, 0) is 38.6 Å². The molecule has 0 bridgehead atoms. The van der Waals surface area contributed by atoms with Gasteiger partial charge in [-0.25, -0.2) is 0 Å². The lowest BCUT2D eigenvalue weighted by atomic mass is 10.2. The Balaban J connectivity index is 1.48. The predicted octanol–water partition coefficient (Wildman–Crippen LogP) is 1.22. The van der Waals surface area contributed by atoms with Crippen molar-refractivity contribution in [3.05, 3.63) is 0 Å². The maximum atomic E-state index is 12.3. The molecular weight excluding hydrogens is 238 g/mol. The number of hydrogen-bond acceptors (Lipinski definition) is 3. The Hall–Kier alpha value is -0.610. The molecule has 1 N–H and O–H groups in total. The van der Waals surface area contributed by atoms with Gasteiger partial charge in [-0.3, -0.25) is 9.69 Å². The summed E-state index contributed by atoms with van der Waals surface area (Å²) in [6.45, 7) is 4.90. The molecule has 1 unspecified atom stereocenters. The number of nitrogens with zero attached hydrogens (tertiary/aromatic N) is 2. The van der Waals surface area contributed by atoms with E-state index in [1.807, 2.05) is 0 Å².